The second-order valence-electron chi connectivity index (χ2n) is 4.14. The standard InChI is InChI=1S/C11H21N3O2/c1-3-13(4-2)11(16)14-7-5-6-9(8-14)10(12)15/h9H,3-8H2,1-2H3,(H2,12,15). The maximum absolute atomic E-state index is 12.0. The molecule has 1 atom stereocenters. The average molecular weight is 227 g/mol. The van der Waals surface area contributed by atoms with E-state index < -0.39 is 0 Å². The predicted octanol–water partition coefficient (Wildman–Crippen LogP) is 0.646. The quantitative estimate of drug-likeness (QED) is 0.769. The van der Waals surface area contributed by atoms with E-state index in [4.69, 9.17) is 5.73 Å². The number of hydrogen-bond donors (Lipinski definition) is 1. The third-order valence-corrected chi connectivity index (χ3v) is 3.13. The van der Waals surface area contributed by atoms with Crippen molar-refractivity contribution >= 4 is 11.9 Å². The largest absolute Gasteiger partial charge is 0.369 e. The van der Waals surface area contributed by atoms with Gasteiger partial charge >= 0.3 is 6.03 Å². The molecule has 1 unspecified atom stereocenters. The normalized spacial score (nSPS) is 20.6. The fourth-order valence-corrected chi connectivity index (χ4v) is 2.08. The molecule has 1 fully saturated rings. The molecule has 1 rings (SSSR count). The molecule has 92 valence electrons. The first-order chi connectivity index (χ1) is 7.60. The lowest BCUT2D eigenvalue weighted by atomic mass is 9.98. The monoisotopic (exact) mass is 227 g/mol. The Morgan fingerprint density at radius 3 is 2.50 bits per heavy atom. The van der Waals surface area contributed by atoms with Gasteiger partial charge in [0.15, 0.2) is 0 Å². The molecule has 0 aromatic carbocycles. The Hall–Kier alpha value is -1.26. The van der Waals surface area contributed by atoms with Gasteiger partial charge in [-0.2, -0.15) is 0 Å². The van der Waals surface area contributed by atoms with Crippen molar-refractivity contribution in [2.75, 3.05) is 26.2 Å². The zero-order valence-electron chi connectivity index (χ0n) is 10.1. The van der Waals surface area contributed by atoms with Crippen LogP contribution in [0.3, 0.4) is 0 Å². The summed E-state index contributed by atoms with van der Waals surface area (Å²) >= 11 is 0. The van der Waals surface area contributed by atoms with Crippen molar-refractivity contribution in [3.8, 4) is 0 Å². The summed E-state index contributed by atoms with van der Waals surface area (Å²) in [6, 6.07) is 0.0240. The zero-order chi connectivity index (χ0) is 12.1. The Morgan fingerprint density at radius 1 is 1.38 bits per heavy atom. The van der Waals surface area contributed by atoms with E-state index in [1.165, 1.54) is 0 Å². The third-order valence-electron chi connectivity index (χ3n) is 3.13. The van der Waals surface area contributed by atoms with Crippen molar-refractivity contribution in [3.63, 3.8) is 0 Å². The number of carbonyl (C=O) groups excluding carboxylic acids is 2. The van der Waals surface area contributed by atoms with E-state index in [0.29, 0.717) is 19.6 Å². The molecule has 16 heavy (non-hydrogen) atoms. The van der Waals surface area contributed by atoms with E-state index in [9.17, 15) is 9.59 Å². The summed E-state index contributed by atoms with van der Waals surface area (Å²) in [5, 5.41) is 0. The molecule has 0 aliphatic carbocycles. The number of piperidine rings is 1. The zero-order valence-corrected chi connectivity index (χ0v) is 10.1. The van der Waals surface area contributed by atoms with E-state index in [-0.39, 0.29) is 17.9 Å². The summed E-state index contributed by atoms with van der Waals surface area (Å²) in [4.78, 5) is 26.6. The number of hydrogen-bond acceptors (Lipinski definition) is 2. The first kappa shape index (κ1) is 12.8. The van der Waals surface area contributed by atoms with Crippen LogP contribution in [0.25, 0.3) is 0 Å². The predicted molar refractivity (Wildman–Crippen MR) is 61.8 cm³/mol. The van der Waals surface area contributed by atoms with Crippen LogP contribution >= 0.6 is 0 Å². The molecule has 0 aromatic heterocycles. The summed E-state index contributed by atoms with van der Waals surface area (Å²) in [5.41, 5.74) is 5.28. The van der Waals surface area contributed by atoms with Gasteiger partial charge < -0.3 is 15.5 Å². The Balaban J connectivity index is 2.59. The van der Waals surface area contributed by atoms with Gasteiger partial charge in [0.1, 0.15) is 0 Å². The number of nitrogens with two attached hydrogens (primary N) is 1. The molecule has 2 N–H and O–H groups in total. The van der Waals surface area contributed by atoms with Crippen LogP contribution in [0.15, 0.2) is 0 Å². The highest BCUT2D eigenvalue weighted by molar-refractivity contribution is 5.79. The number of urea groups is 1. The maximum atomic E-state index is 12.0. The minimum absolute atomic E-state index is 0.0240. The van der Waals surface area contributed by atoms with Crippen molar-refractivity contribution in [1.29, 1.82) is 0 Å². The van der Waals surface area contributed by atoms with Gasteiger partial charge in [0.25, 0.3) is 0 Å². The van der Waals surface area contributed by atoms with Gasteiger partial charge in [-0.3, -0.25) is 4.79 Å². The third kappa shape index (κ3) is 2.87. The first-order valence-corrected chi connectivity index (χ1v) is 5.93. The van der Waals surface area contributed by atoms with Crippen LogP contribution in [0.2, 0.25) is 0 Å². The molecule has 1 heterocycles. The number of carbonyl (C=O) groups is 2. The van der Waals surface area contributed by atoms with Crippen LogP contribution in [0, 0.1) is 5.92 Å². The lowest BCUT2D eigenvalue weighted by Gasteiger charge is -2.34. The lowest BCUT2D eigenvalue weighted by molar-refractivity contribution is -0.123. The van der Waals surface area contributed by atoms with Crippen LogP contribution in [0.5, 0.6) is 0 Å². The van der Waals surface area contributed by atoms with Crippen LogP contribution in [0.4, 0.5) is 4.79 Å². The Kier molecular flexibility index (Phi) is 4.58. The summed E-state index contributed by atoms with van der Waals surface area (Å²) in [6.07, 6.45) is 1.66. The van der Waals surface area contributed by atoms with Crippen molar-refractivity contribution < 1.29 is 9.59 Å². The number of likely N-dealkylation sites (tertiary alicyclic amines) is 1. The number of nitrogens with zero attached hydrogens (tertiary/aromatic N) is 2. The van der Waals surface area contributed by atoms with Crippen molar-refractivity contribution in [2.24, 2.45) is 11.7 Å². The van der Waals surface area contributed by atoms with E-state index in [0.717, 1.165) is 19.4 Å². The van der Waals surface area contributed by atoms with Crippen LogP contribution in [-0.4, -0.2) is 47.9 Å². The van der Waals surface area contributed by atoms with E-state index in [2.05, 4.69) is 0 Å². The SMILES string of the molecule is CCN(CC)C(=O)N1CCCC(C(N)=O)C1. The highest BCUT2D eigenvalue weighted by Gasteiger charge is 2.28. The highest BCUT2D eigenvalue weighted by Crippen LogP contribution is 2.17. The molecule has 1 aliphatic rings. The molecule has 3 amide bonds. The van der Waals surface area contributed by atoms with Gasteiger partial charge in [-0.05, 0) is 26.7 Å². The lowest BCUT2D eigenvalue weighted by Crippen LogP contribution is -2.49. The smallest absolute Gasteiger partial charge is 0.320 e. The molecule has 0 radical (unpaired) electrons. The average Bonchev–Trinajstić information content (AvgIpc) is 2.30. The minimum Gasteiger partial charge on any atom is -0.369 e. The molecule has 0 bridgehead atoms. The van der Waals surface area contributed by atoms with Crippen LogP contribution in [-0.2, 0) is 4.79 Å². The topological polar surface area (TPSA) is 66.6 Å². The van der Waals surface area contributed by atoms with Gasteiger partial charge in [-0.1, -0.05) is 0 Å². The Morgan fingerprint density at radius 2 is 2.00 bits per heavy atom. The van der Waals surface area contributed by atoms with E-state index in [1.54, 1.807) is 9.80 Å². The van der Waals surface area contributed by atoms with E-state index >= 15 is 0 Å². The maximum Gasteiger partial charge on any atom is 0.320 e. The molecule has 5 nitrogen and oxygen atoms in total. The fraction of sp³-hybridized carbons (Fsp3) is 0.818. The summed E-state index contributed by atoms with van der Waals surface area (Å²) in [6.45, 7) is 6.53. The molecule has 5 heteroatoms. The summed E-state index contributed by atoms with van der Waals surface area (Å²) in [5.74, 6) is -0.467. The molecule has 0 spiro atoms. The minimum atomic E-state index is -0.294. The van der Waals surface area contributed by atoms with Gasteiger partial charge in [0.05, 0.1) is 5.92 Å². The van der Waals surface area contributed by atoms with E-state index in [1.807, 2.05) is 13.8 Å². The molecule has 0 aromatic rings. The number of primary amides is 1. The number of rotatable bonds is 3. The van der Waals surface area contributed by atoms with Gasteiger partial charge in [-0.15, -0.1) is 0 Å². The molecule has 0 saturated carbocycles. The van der Waals surface area contributed by atoms with Crippen LogP contribution in [0.1, 0.15) is 26.7 Å². The Labute approximate surface area is 96.6 Å². The highest BCUT2D eigenvalue weighted by atomic mass is 16.2. The van der Waals surface area contributed by atoms with Crippen molar-refractivity contribution in [2.45, 2.75) is 26.7 Å². The van der Waals surface area contributed by atoms with Gasteiger partial charge in [0.2, 0.25) is 5.91 Å². The Bertz CT molecular complexity index is 264. The van der Waals surface area contributed by atoms with Gasteiger partial charge in [0, 0.05) is 26.2 Å². The van der Waals surface area contributed by atoms with Crippen molar-refractivity contribution in [1.82, 2.24) is 9.80 Å². The molecule has 1 saturated heterocycles. The molecular weight excluding hydrogens is 206 g/mol. The van der Waals surface area contributed by atoms with Gasteiger partial charge in [-0.25, -0.2) is 4.79 Å². The van der Waals surface area contributed by atoms with Crippen LogP contribution < -0.4 is 5.73 Å². The second kappa shape index (κ2) is 5.72. The molecule has 1 aliphatic heterocycles. The first-order valence-electron chi connectivity index (χ1n) is 5.93. The second-order valence-corrected chi connectivity index (χ2v) is 4.14. The fourth-order valence-electron chi connectivity index (χ4n) is 2.08. The summed E-state index contributed by atoms with van der Waals surface area (Å²) in [7, 11) is 0. The number of amides is 3. The molecular formula is C11H21N3O2. The van der Waals surface area contributed by atoms with Crippen molar-refractivity contribution in [3.05, 3.63) is 0 Å². The summed E-state index contributed by atoms with van der Waals surface area (Å²) < 4.78 is 0.